The second-order valence-corrected chi connectivity index (χ2v) is 3.50. The maximum atomic E-state index is 8.76. The van der Waals surface area contributed by atoms with Crippen LogP contribution in [0.25, 0.3) is 0 Å². The first-order chi connectivity index (χ1) is 7.85. The molecule has 3 nitrogen and oxygen atoms in total. The van der Waals surface area contributed by atoms with E-state index in [0.29, 0.717) is 11.5 Å². The number of hydrogen-bond acceptors (Lipinski definition) is 3. The van der Waals surface area contributed by atoms with Gasteiger partial charge in [0.15, 0.2) is 0 Å². The molecule has 82 valence electrons. The minimum atomic E-state index is 0.446. The van der Waals surface area contributed by atoms with Crippen LogP contribution in [0.1, 0.15) is 6.42 Å². The summed E-state index contributed by atoms with van der Waals surface area (Å²) < 4.78 is 5.16. The zero-order chi connectivity index (χ0) is 11.4. The molecule has 2 aliphatic rings. The summed E-state index contributed by atoms with van der Waals surface area (Å²) in [7, 11) is 1.56. The van der Waals surface area contributed by atoms with Crippen molar-refractivity contribution < 1.29 is 9.94 Å². The van der Waals surface area contributed by atoms with E-state index in [0.717, 1.165) is 12.0 Å². The van der Waals surface area contributed by atoms with Gasteiger partial charge in [0.2, 0.25) is 0 Å². The molecule has 2 aliphatic carbocycles. The Morgan fingerprint density at radius 3 is 2.75 bits per heavy atom. The van der Waals surface area contributed by atoms with Crippen molar-refractivity contribution in [3.63, 3.8) is 0 Å². The van der Waals surface area contributed by atoms with Crippen LogP contribution in [0, 0.1) is 0 Å². The van der Waals surface area contributed by atoms with Gasteiger partial charge in [0.25, 0.3) is 0 Å². The molecule has 0 atom stereocenters. The molecule has 0 fully saturated rings. The molecule has 0 saturated heterocycles. The van der Waals surface area contributed by atoms with Crippen LogP contribution in [0.5, 0.6) is 0 Å². The molecule has 0 radical (unpaired) electrons. The summed E-state index contributed by atoms with van der Waals surface area (Å²) >= 11 is 0. The lowest BCUT2D eigenvalue weighted by Gasteiger charge is -2.13. The maximum Gasteiger partial charge on any atom is 0.148 e. The smallest absolute Gasteiger partial charge is 0.148 e. The normalized spacial score (nSPS) is 26.1. The van der Waals surface area contributed by atoms with Crippen molar-refractivity contribution in [1.29, 1.82) is 0 Å². The van der Waals surface area contributed by atoms with Crippen LogP contribution < -0.4 is 0 Å². The first-order valence-electron chi connectivity index (χ1n) is 5.07. The fourth-order valence-electron chi connectivity index (χ4n) is 1.69. The van der Waals surface area contributed by atoms with Gasteiger partial charge in [-0.2, -0.15) is 0 Å². The molecule has 3 heteroatoms. The van der Waals surface area contributed by atoms with Gasteiger partial charge in [-0.25, -0.2) is 0 Å². The quantitative estimate of drug-likeness (QED) is 0.539. The van der Waals surface area contributed by atoms with E-state index in [9.17, 15) is 0 Å². The number of rotatable bonds is 1. The second kappa shape index (κ2) is 4.66. The standard InChI is InChI=1S/C13H13NO2/c1-16-13-9-11(7-8-12(13)14-15)10-5-3-2-4-6-10/h2-5,7-9,15H,6H2,1H3. The van der Waals surface area contributed by atoms with Crippen LogP contribution in [-0.4, -0.2) is 18.0 Å². The molecular weight excluding hydrogens is 202 g/mol. The van der Waals surface area contributed by atoms with Gasteiger partial charge >= 0.3 is 0 Å². The summed E-state index contributed by atoms with van der Waals surface area (Å²) in [6.07, 6.45) is 14.7. The van der Waals surface area contributed by atoms with E-state index in [1.54, 1.807) is 13.2 Å². The summed E-state index contributed by atoms with van der Waals surface area (Å²) in [4.78, 5) is 0. The Kier molecular flexibility index (Phi) is 3.05. The van der Waals surface area contributed by atoms with E-state index in [-0.39, 0.29) is 0 Å². The topological polar surface area (TPSA) is 41.8 Å². The Balaban J connectivity index is 2.37. The zero-order valence-electron chi connectivity index (χ0n) is 9.05. The minimum Gasteiger partial charge on any atom is -0.494 e. The average Bonchev–Trinajstić information content (AvgIpc) is 2.39. The molecule has 0 amide bonds. The van der Waals surface area contributed by atoms with Gasteiger partial charge in [0.05, 0.1) is 7.11 Å². The largest absolute Gasteiger partial charge is 0.494 e. The highest BCUT2D eigenvalue weighted by molar-refractivity contribution is 6.08. The van der Waals surface area contributed by atoms with E-state index in [1.807, 2.05) is 24.3 Å². The third-order valence-corrected chi connectivity index (χ3v) is 2.54. The van der Waals surface area contributed by atoms with E-state index >= 15 is 0 Å². The van der Waals surface area contributed by atoms with Crippen molar-refractivity contribution in [2.45, 2.75) is 6.42 Å². The predicted octanol–water partition coefficient (Wildman–Crippen LogP) is 2.73. The van der Waals surface area contributed by atoms with Gasteiger partial charge in [-0.1, -0.05) is 35.5 Å². The number of ether oxygens (including phenoxy) is 1. The average molecular weight is 215 g/mol. The van der Waals surface area contributed by atoms with Gasteiger partial charge in [-0.15, -0.1) is 0 Å². The molecule has 0 aromatic carbocycles. The minimum absolute atomic E-state index is 0.446. The summed E-state index contributed by atoms with van der Waals surface area (Å²) in [5.74, 6) is 0.579. The fraction of sp³-hybridized carbons (Fsp3) is 0.154. The Hall–Kier alpha value is -2.03. The zero-order valence-corrected chi connectivity index (χ0v) is 9.05. The number of hydrogen-bond donors (Lipinski definition) is 1. The number of nitrogens with zero attached hydrogens (tertiary/aromatic N) is 1. The molecule has 0 aromatic rings. The van der Waals surface area contributed by atoms with E-state index in [2.05, 4.69) is 17.3 Å². The molecule has 0 heterocycles. The van der Waals surface area contributed by atoms with E-state index in [4.69, 9.17) is 9.94 Å². The molecule has 16 heavy (non-hydrogen) atoms. The predicted molar refractivity (Wildman–Crippen MR) is 63.4 cm³/mol. The van der Waals surface area contributed by atoms with Gasteiger partial charge in [0.1, 0.15) is 11.5 Å². The highest BCUT2D eigenvalue weighted by atomic mass is 16.5. The van der Waals surface area contributed by atoms with E-state index in [1.165, 1.54) is 5.57 Å². The Bertz CT molecular complexity index is 462. The third kappa shape index (κ3) is 1.98. The summed E-state index contributed by atoms with van der Waals surface area (Å²) in [6.45, 7) is 0. The lowest BCUT2D eigenvalue weighted by molar-refractivity contribution is 0.295. The molecule has 0 bridgehead atoms. The maximum absolute atomic E-state index is 8.76. The molecule has 2 rings (SSSR count). The lowest BCUT2D eigenvalue weighted by Crippen LogP contribution is -2.06. The van der Waals surface area contributed by atoms with Crippen LogP contribution in [0.2, 0.25) is 0 Å². The van der Waals surface area contributed by atoms with Crippen LogP contribution >= 0.6 is 0 Å². The summed E-state index contributed by atoms with van der Waals surface area (Å²) in [5.41, 5.74) is 2.76. The van der Waals surface area contributed by atoms with Gasteiger partial charge < -0.3 is 9.94 Å². The van der Waals surface area contributed by atoms with Crippen molar-refractivity contribution in [3.8, 4) is 0 Å². The number of allylic oxidation sites excluding steroid dienone is 9. The Labute approximate surface area is 94.4 Å². The lowest BCUT2D eigenvalue weighted by atomic mass is 9.97. The van der Waals surface area contributed by atoms with Gasteiger partial charge in [-0.3, -0.25) is 0 Å². The SMILES string of the molecule is COC1=CC(=C2C=CC=CC2)C=CC1=NO. The van der Waals surface area contributed by atoms with Crippen LogP contribution in [0.15, 0.2) is 64.6 Å². The first-order valence-corrected chi connectivity index (χ1v) is 5.07. The number of methoxy groups -OCH3 is 1. The van der Waals surface area contributed by atoms with Gasteiger partial charge in [0, 0.05) is 0 Å². The summed E-state index contributed by atoms with van der Waals surface area (Å²) in [5, 5.41) is 11.9. The van der Waals surface area contributed by atoms with Crippen molar-refractivity contribution >= 4 is 5.71 Å². The highest BCUT2D eigenvalue weighted by Crippen LogP contribution is 2.22. The fourth-order valence-corrected chi connectivity index (χ4v) is 1.69. The second-order valence-electron chi connectivity index (χ2n) is 3.50. The molecular formula is C13H13NO2. The molecule has 1 N–H and O–H groups in total. The monoisotopic (exact) mass is 215 g/mol. The van der Waals surface area contributed by atoms with Gasteiger partial charge in [-0.05, 0) is 29.7 Å². The highest BCUT2D eigenvalue weighted by Gasteiger charge is 2.12. The molecule has 0 aliphatic heterocycles. The molecule has 0 saturated carbocycles. The van der Waals surface area contributed by atoms with Crippen LogP contribution in [0.3, 0.4) is 0 Å². The number of oxime groups is 1. The van der Waals surface area contributed by atoms with Crippen LogP contribution in [0.4, 0.5) is 0 Å². The summed E-state index contributed by atoms with van der Waals surface area (Å²) in [6, 6.07) is 0. The van der Waals surface area contributed by atoms with Crippen molar-refractivity contribution in [2.24, 2.45) is 5.16 Å². The van der Waals surface area contributed by atoms with Crippen molar-refractivity contribution in [1.82, 2.24) is 0 Å². The Morgan fingerprint density at radius 1 is 1.25 bits per heavy atom. The molecule has 0 unspecified atom stereocenters. The van der Waals surface area contributed by atoms with E-state index < -0.39 is 0 Å². The third-order valence-electron chi connectivity index (χ3n) is 2.54. The molecule has 0 aromatic heterocycles. The van der Waals surface area contributed by atoms with Crippen LogP contribution in [-0.2, 0) is 4.74 Å². The first kappa shape index (κ1) is 10.5. The Morgan fingerprint density at radius 2 is 2.12 bits per heavy atom. The molecule has 0 spiro atoms. The van der Waals surface area contributed by atoms with Crippen molar-refractivity contribution in [2.75, 3.05) is 7.11 Å². The van der Waals surface area contributed by atoms with Crippen molar-refractivity contribution in [3.05, 3.63) is 59.4 Å².